The summed E-state index contributed by atoms with van der Waals surface area (Å²) in [6.45, 7) is 2.27. The molecule has 0 radical (unpaired) electrons. The summed E-state index contributed by atoms with van der Waals surface area (Å²) in [7, 11) is 3.77. The standard InChI is InChI=1S/C20H23N3O2/c1-14(24)23-12-11-15-9-10-17(13-18(15)23)21-20(25)19(22(2)3)16-7-5-4-6-8-16/h4-10,13,19H,11-12H2,1-3H3,(H,21,25). The third-order valence-corrected chi connectivity index (χ3v) is 4.51. The Morgan fingerprint density at radius 2 is 1.84 bits per heavy atom. The fraction of sp³-hybridized carbons (Fsp3) is 0.300. The molecule has 0 aliphatic carbocycles. The van der Waals surface area contributed by atoms with E-state index in [9.17, 15) is 9.59 Å². The van der Waals surface area contributed by atoms with Crippen LogP contribution in [0.5, 0.6) is 0 Å². The van der Waals surface area contributed by atoms with E-state index in [2.05, 4.69) is 5.32 Å². The lowest BCUT2D eigenvalue weighted by Crippen LogP contribution is -2.32. The second-order valence-corrected chi connectivity index (χ2v) is 6.53. The van der Waals surface area contributed by atoms with Crippen molar-refractivity contribution in [3.8, 4) is 0 Å². The van der Waals surface area contributed by atoms with Gasteiger partial charge in [0.1, 0.15) is 6.04 Å². The zero-order valence-corrected chi connectivity index (χ0v) is 14.8. The Morgan fingerprint density at radius 1 is 1.12 bits per heavy atom. The van der Waals surface area contributed by atoms with E-state index < -0.39 is 0 Å². The quantitative estimate of drug-likeness (QED) is 0.933. The highest BCUT2D eigenvalue weighted by atomic mass is 16.2. The number of amides is 2. The van der Waals surface area contributed by atoms with E-state index >= 15 is 0 Å². The summed E-state index contributed by atoms with van der Waals surface area (Å²) in [6.07, 6.45) is 0.855. The molecule has 2 aromatic rings. The molecule has 0 fully saturated rings. The van der Waals surface area contributed by atoms with Gasteiger partial charge < -0.3 is 10.2 Å². The summed E-state index contributed by atoms with van der Waals surface area (Å²) in [5.41, 5.74) is 3.68. The highest BCUT2D eigenvalue weighted by Gasteiger charge is 2.25. The summed E-state index contributed by atoms with van der Waals surface area (Å²) in [4.78, 5) is 28.2. The van der Waals surface area contributed by atoms with Gasteiger partial charge in [0.15, 0.2) is 0 Å². The largest absolute Gasteiger partial charge is 0.324 e. The number of benzene rings is 2. The van der Waals surface area contributed by atoms with Crippen LogP contribution >= 0.6 is 0 Å². The topological polar surface area (TPSA) is 52.7 Å². The summed E-state index contributed by atoms with van der Waals surface area (Å²) in [5.74, 6) is -0.0683. The Bertz CT molecular complexity index is 787. The molecule has 1 heterocycles. The van der Waals surface area contributed by atoms with Gasteiger partial charge in [-0.05, 0) is 43.8 Å². The molecular formula is C20H23N3O2. The predicted octanol–water partition coefficient (Wildman–Crippen LogP) is 2.84. The molecule has 1 aliphatic heterocycles. The Hall–Kier alpha value is -2.66. The molecule has 0 spiro atoms. The first-order valence-corrected chi connectivity index (χ1v) is 8.40. The second kappa shape index (κ2) is 7.07. The van der Waals surface area contributed by atoms with E-state index in [1.54, 1.807) is 11.8 Å². The van der Waals surface area contributed by atoms with E-state index in [1.165, 1.54) is 0 Å². The van der Waals surface area contributed by atoms with Crippen LogP contribution in [-0.2, 0) is 16.0 Å². The van der Waals surface area contributed by atoms with Crippen molar-refractivity contribution in [1.82, 2.24) is 4.90 Å². The van der Waals surface area contributed by atoms with E-state index in [0.29, 0.717) is 12.2 Å². The summed E-state index contributed by atoms with van der Waals surface area (Å²) in [6, 6.07) is 15.1. The number of rotatable bonds is 4. The minimum atomic E-state index is -0.377. The molecule has 1 atom stereocenters. The molecule has 5 nitrogen and oxygen atoms in total. The third kappa shape index (κ3) is 3.56. The summed E-state index contributed by atoms with van der Waals surface area (Å²) < 4.78 is 0. The van der Waals surface area contributed by atoms with Gasteiger partial charge in [0.2, 0.25) is 11.8 Å². The van der Waals surface area contributed by atoms with E-state index in [-0.39, 0.29) is 17.9 Å². The van der Waals surface area contributed by atoms with E-state index in [0.717, 1.165) is 23.2 Å². The van der Waals surface area contributed by atoms with Gasteiger partial charge in [0.25, 0.3) is 0 Å². The van der Waals surface area contributed by atoms with Gasteiger partial charge in [-0.2, -0.15) is 0 Å². The average molecular weight is 337 g/mol. The minimum Gasteiger partial charge on any atom is -0.324 e. The molecular weight excluding hydrogens is 314 g/mol. The maximum absolute atomic E-state index is 12.8. The van der Waals surface area contributed by atoms with Gasteiger partial charge in [-0.3, -0.25) is 14.5 Å². The van der Waals surface area contributed by atoms with Crippen molar-refractivity contribution < 1.29 is 9.59 Å². The number of fused-ring (bicyclic) bond motifs is 1. The van der Waals surface area contributed by atoms with Gasteiger partial charge in [-0.1, -0.05) is 36.4 Å². The molecule has 2 amide bonds. The van der Waals surface area contributed by atoms with Crippen molar-refractivity contribution in [2.75, 3.05) is 30.9 Å². The molecule has 130 valence electrons. The van der Waals surface area contributed by atoms with Crippen LogP contribution < -0.4 is 10.2 Å². The maximum Gasteiger partial charge on any atom is 0.246 e. The lowest BCUT2D eigenvalue weighted by molar-refractivity contribution is -0.120. The normalized spacial score (nSPS) is 14.3. The van der Waals surface area contributed by atoms with Crippen LogP contribution in [0.2, 0.25) is 0 Å². The SMILES string of the molecule is CC(=O)N1CCc2ccc(NC(=O)C(c3ccccc3)N(C)C)cc21. The second-order valence-electron chi connectivity index (χ2n) is 6.53. The fourth-order valence-corrected chi connectivity index (χ4v) is 3.31. The zero-order valence-electron chi connectivity index (χ0n) is 14.8. The highest BCUT2D eigenvalue weighted by molar-refractivity contribution is 5.98. The lowest BCUT2D eigenvalue weighted by Gasteiger charge is -2.24. The van der Waals surface area contributed by atoms with Gasteiger partial charge in [-0.25, -0.2) is 0 Å². The molecule has 0 bridgehead atoms. The Morgan fingerprint density at radius 3 is 2.48 bits per heavy atom. The molecule has 1 N–H and O–H groups in total. The van der Waals surface area contributed by atoms with Crippen molar-refractivity contribution in [1.29, 1.82) is 0 Å². The van der Waals surface area contributed by atoms with E-state index in [1.807, 2.05) is 67.5 Å². The van der Waals surface area contributed by atoms with E-state index in [4.69, 9.17) is 0 Å². The summed E-state index contributed by atoms with van der Waals surface area (Å²) >= 11 is 0. The van der Waals surface area contributed by atoms with Crippen LogP contribution in [0.1, 0.15) is 24.1 Å². The molecule has 0 aromatic heterocycles. The Kier molecular flexibility index (Phi) is 4.86. The van der Waals surface area contributed by atoms with Gasteiger partial charge >= 0.3 is 0 Å². The number of nitrogens with one attached hydrogen (secondary N) is 1. The smallest absolute Gasteiger partial charge is 0.246 e. The minimum absolute atomic E-state index is 0.0256. The molecule has 0 saturated heterocycles. The van der Waals surface area contributed by atoms with Gasteiger partial charge in [0, 0.05) is 24.8 Å². The molecule has 25 heavy (non-hydrogen) atoms. The van der Waals surface area contributed by atoms with Crippen LogP contribution in [0.4, 0.5) is 11.4 Å². The van der Waals surface area contributed by atoms with Crippen LogP contribution in [0.15, 0.2) is 48.5 Å². The van der Waals surface area contributed by atoms with Crippen LogP contribution in [0, 0.1) is 0 Å². The molecule has 0 saturated carbocycles. The lowest BCUT2D eigenvalue weighted by atomic mass is 10.0. The molecule has 1 unspecified atom stereocenters. The number of hydrogen-bond acceptors (Lipinski definition) is 3. The Balaban J connectivity index is 1.83. The number of carbonyl (C=O) groups is 2. The van der Waals surface area contributed by atoms with Crippen LogP contribution in [0.3, 0.4) is 0 Å². The highest BCUT2D eigenvalue weighted by Crippen LogP contribution is 2.31. The van der Waals surface area contributed by atoms with Gasteiger partial charge in [0.05, 0.1) is 0 Å². The van der Waals surface area contributed by atoms with Crippen molar-refractivity contribution in [3.05, 3.63) is 59.7 Å². The maximum atomic E-state index is 12.8. The number of likely N-dealkylation sites (N-methyl/N-ethyl adjacent to an activating group) is 1. The molecule has 2 aromatic carbocycles. The first-order chi connectivity index (χ1) is 12.0. The van der Waals surface area contributed by atoms with Crippen LogP contribution in [-0.4, -0.2) is 37.4 Å². The third-order valence-electron chi connectivity index (χ3n) is 4.51. The number of anilines is 2. The van der Waals surface area contributed by atoms with Crippen LogP contribution in [0.25, 0.3) is 0 Å². The van der Waals surface area contributed by atoms with Crippen molar-refractivity contribution in [2.45, 2.75) is 19.4 Å². The first-order valence-electron chi connectivity index (χ1n) is 8.40. The molecule has 5 heteroatoms. The number of nitrogens with zero attached hydrogens (tertiary/aromatic N) is 2. The Labute approximate surface area is 148 Å². The average Bonchev–Trinajstić information content (AvgIpc) is 2.99. The fourth-order valence-electron chi connectivity index (χ4n) is 3.31. The molecule has 3 rings (SSSR count). The summed E-state index contributed by atoms with van der Waals surface area (Å²) in [5, 5.41) is 2.99. The van der Waals surface area contributed by atoms with Gasteiger partial charge in [-0.15, -0.1) is 0 Å². The monoisotopic (exact) mass is 337 g/mol. The van der Waals surface area contributed by atoms with Crippen molar-refractivity contribution >= 4 is 23.2 Å². The van der Waals surface area contributed by atoms with Crippen molar-refractivity contribution in [2.24, 2.45) is 0 Å². The number of carbonyl (C=O) groups excluding carboxylic acids is 2. The van der Waals surface area contributed by atoms with Crippen molar-refractivity contribution in [3.63, 3.8) is 0 Å². The first kappa shape index (κ1) is 17.2. The molecule has 1 aliphatic rings. The zero-order chi connectivity index (χ0) is 18.0. The predicted molar refractivity (Wildman–Crippen MR) is 99.7 cm³/mol. The number of hydrogen-bond donors (Lipinski definition) is 1.